The van der Waals surface area contributed by atoms with Crippen molar-refractivity contribution in [1.82, 2.24) is 0 Å². The van der Waals surface area contributed by atoms with E-state index in [1.165, 1.54) is 0 Å². The Morgan fingerprint density at radius 2 is 0.763 bits per heavy atom. The highest BCUT2D eigenvalue weighted by Gasteiger charge is 2.17. The number of hydrogen-bond acceptors (Lipinski definition) is 6. The molecule has 0 spiro atoms. The van der Waals surface area contributed by atoms with Gasteiger partial charge in [-0.15, -0.1) is 10.2 Å². The van der Waals surface area contributed by atoms with Gasteiger partial charge in [-0.1, -0.05) is 60.7 Å². The number of phenols is 2. The molecule has 0 fully saturated rings. The molecular weight excluding hydrogens is 472 g/mol. The molecule has 6 rings (SSSR count). The fourth-order valence-electron chi connectivity index (χ4n) is 4.47. The van der Waals surface area contributed by atoms with E-state index >= 15 is 0 Å². The summed E-state index contributed by atoms with van der Waals surface area (Å²) in [5.41, 5.74) is 4.45. The van der Waals surface area contributed by atoms with Crippen LogP contribution in [0.3, 0.4) is 0 Å². The third-order valence-corrected chi connectivity index (χ3v) is 6.31. The average Bonchev–Trinajstić information content (AvgIpc) is 2.96. The quantitative estimate of drug-likeness (QED) is 0.233. The van der Waals surface area contributed by atoms with Crippen LogP contribution in [0, 0.1) is 0 Å². The van der Waals surface area contributed by atoms with Gasteiger partial charge < -0.3 is 10.2 Å². The van der Waals surface area contributed by atoms with Crippen molar-refractivity contribution in [3.05, 3.63) is 121 Å². The van der Waals surface area contributed by atoms with E-state index in [0.29, 0.717) is 22.7 Å². The Morgan fingerprint density at radius 1 is 0.368 bits per heavy atom. The molecule has 182 valence electrons. The summed E-state index contributed by atoms with van der Waals surface area (Å²) in [6.45, 7) is 0. The first-order valence-electron chi connectivity index (χ1n) is 12.1. The third kappa shape index (κ3) is 4.58. The molecule has 6 aromatic carbocycles. The third-order valence-electron chi connectivity index (χ3n) is 6.31. The van der Waals surface area contributed by atoms with Crippen molar-refractivity contribution in [2.75, 3.05) is 0 Å². The molecule has 0 radical (unpaired) electrons. The summed E-state index contributed by atoms with van der Waals surface area (Å²) in [6.07, 6.45) is 0. The topological polar surface area (TPSA) is 89.9 Å². The molecule has 0 aliphatic carbocycles. The molecule has 0 saturated carbocycles. The Labute approximate surface area is 218 Å². The standard InChI is InChI=1S/C32H22N4O2/c37-25-15-11-23(12-16-25)33-35-29-19-9-21-5-1-3-7-27(21)31(29)32-28-8-4-2-6-22(28)10-20-30(32)36-34-24-13-17-26(38)18-14-24/h1-20,37-38H/b35-33+,36-34+. The molecule has 0 unspecified atom stereocenters. The number of rotatable bonds is 5. The van der Waals surface area contributed by atoms with Crippen molar-refractivity contribution in [2.24, 2.45) is 20.5 Å². The Hall–Kier alpha value is -5.36. The number of benzene rings is 6. The van der Waals surface area contributed by atoms with Gasteiger partial charge in [0.25, 0.3) is 0 Å². The Balaban J connectivity index is 1.60. The lowest BCUT2D eigenvalue weighted by Crippen LogP contribution is -1.87. The van der Waals surface area contributed by atoms with Crippen LogP contribution in [0.5, 0.6) is 11.5 Å². The van der Waals surface area contributed by atoms with Crippen molar-refractivity contribution in [3.63, 3.8) is 0 Å². The van der Waals surface area contributed by atoms with Crippen molar-refractivity contribution in [2.45, 2.75) is 0 Å². The lowest BCUT2D eigenvalue weighted by molar-refractivity contribution is 0.475. The maximum atomic E-state index is 9.63. The van der Waals surface area contributed by atoms with Crippen molar-refractivity contribution >= 4 is 44.3 Å². The first-order valence-corrected chi connectivity index (χ1v) is 12.1. The van der Waals surface area contributed by atoms with E-state index in [0.717, 1.165) is 32.7 Å². The normalized spacial score (nSPS) is 11.7. The highest BCUT2D eigenvalue weighted by molar-refractivity contribution is 6.12. The van der Waals surface area contributed by atoms with Gasteiger partial charge in [-0.25, -0.2) is 0 Å². The molecule has 0 heterocycles. The van der Waals surface area contributed by atoms with Gasteiger partial charge in [-0.05, 0) is 82.2 Å². The lowest BCUT2D eigenvalue weighted by atomic mass is 9.91. The largest absolute Gasteiger partial charge is 0.508 e. The number of hydrogen-bond donors (Lipinski definition) is 2. The lowest BCUT2D eigenvalue weighted by Gasteiger charge is -2.15. The van der Waals surface area contributed by atoms with Gasteiger partial charge in [0.1, 0.15) is 11.5 Å². The van der Waals surface area contributed by atoms with E-state index in [2.05, 4.69) is 44.7 Å². The maximum Gasteiger partial charge on any atom is 0.115 e. The molecular formula is C32H22N4O2. The molecule has 0 aliphatic rings. The van der Waals surface area contributed by atoms with Crippen LogP contribution >= 0.6 is 0 Å². The van der Waals surface area contributed by atoms with Crippen molar-refractivity contribution in [1.29, 1.82) is 0 Å². The minimum Gasteiger partial charge on any atom is -0.508 e. The summed E-state index contributed by atoms with van der Waals surface area (Å²) in [5.74, 6) is 0.351. The van der Waals surface area contributed by atoms with Crippen LogP contribution in [0.4, 0.5) is 22.7 Å². The maximum absolute atomic E-state index is 9.63. The zero-order valence-corrected chi connectivity index (χ0v) is 20.2. The van der Waals surface area contributed by atoms with E-state index in [9.17, 15) is 10.2 Å². The van der Waals surface area contributed by atoms with Crippen LogP contribution in [0.1, 0.15) is 0 Å². The van der Waals surface area contributed by atoms with Crippen LogP contribution in [0.2, 0.25) is 0 Å². The molecule has 38 heavy (non-hydrogen) atoms. The second-order valence-corrected chi connectivity index (χ2v) is 8.79. The second-order valence-electron chi connectivity index (χ2n) is 8.79. The van der Waals surface area contributed by atoms with Crippen LogP contribution < -0.4 is 0 Å². The highest BCUT2D eigenvalue weighted by atomic mass is 16.3. The molecule has 2 N–H and O–H groups in total. The Bertz CT molecular complexity index is 1690. The minimum atomic E-state index is 0.176. The highest BCUT2D eigenvalue weighted by Crippen LogP contribution is 2.46. The fourth-order valence-corrected chi connectivity index (χ4v) is 4.47. The predicted octanol–water partition coefficient (Wildman–Crippen LogP) is 9.90. The Morgan fingerprint density at radius 3 is 1.18 bits per heavy atom. The fraction of sp³-hybridized carbons (Fsp3) is 0. The van der Waals surface area contributed by atoms with E-state index in [-0.39, 0.29) is 11.5 Å². The van der Waals surface area contributed by atoms with Gasteiger partial charge in [-0.2, -0.15) is 10.2 Å². The number of fused-ring (bicyclic) bond motifs is 2. The monoisotopic (exact) mass is 494 g/mol. The van der Waals surface area contributed by atoms with Gasteiger partial charge in [0.2, 0.25) is 0 Å². The SMILES string of the molecule is Oc1ccc(/N=N/c2ccc3ccccc3c2-c2c(/N=N/c3ccc(O)cc3)ccc3ccccc23)cc1. The average molecular weight is 495 g/mol. The molecule has 0 amide bonds. The summed E-state index contributed by atoms with van der Waals surface area (Å²) in [4.78, 5) is 0. The number of aromatic hydroxyl groups is 2. The smallest absolute Gasteiger partial charge is 0.115 e. The summed E-state index contributed by atoms with van der Waals surface area (Å²) in [5, 5.41) is 41.7. The molecule has 6 heteroatoms. The van der Waals surface area contributed by atoms with E-state index < -0.39 is 0 Å². The van der Waals surface area contributed by atoms with Gasteiger partial charge in [0.15, 0.2) is 0 Å². The molecule has 6 aromatic rings. The van der Waals surface area contributed by atoms with Crippen LogP contribution in [0.25, 0.3) is 32.7 Å². The number of phenolic OH excluding ortho intramolecular Hbond substituents is 2. The molecule has 0 aliphatic heterocycles. The predicted molar refractivity (Wildman–Crippen MR) is 151 cm³/mol. The van der Waals surface area contributed by atoms with E-state index in [1.807, 2.05) is 48.5 Å². The molecule has 0 aromatic heterocycles. The zero-order valence-electron chi connectivity index (χ0n) is 20.2. The summed E-state index contributed by atoms with van der Waals surface area (Å²) < 4.78 is 0. The van der Waals surface area contributed by atoms with Gasteiger partial charge in [0.05, 0.1) is 22.7 Å². The minimum absolute atomic E-state index is 0.176. The van der Waals surface area contributed by atoms with Gasteiger partial charge >= 0.3 is 0 Å². The van der Waals surface area contributed by atoms with Crippen molar-refractivity contribution < 1.29 is 10.2 Å². The summed E-state index contributed by atoms with van der Waals surface area (Å²) in [6, 6.07) is 37.5. The molecule has 0 bridgehead atoms. The molecule has 0 atom stereocenters. The first-order chi connectivity index (χ1) is 18.7. The summed E-state index contributed by atoms with van der Waals surface area (Å²) >= 11 is 0. The number of nitrogens with zero attached hydrogens (tertiary/aromatic N) is 4. The van der Waals surface area contributed by atoms with Crippen LogP contribution in [-0.4, -0.2) is 10.2 Å². The molecule has 0 saturated heterocycles. The second kappa shape index (κ2) is 9.95. The van der Waals surface area contributed by atoms with E-state index in [1.54, 1.807) is 48.5 Å². The number of azo groups is 2. The van der Waals surface area contributed by atoms with E-state index in [4.69, 9.17) is 0 Å². The van der Waals surface area contributed by atoms with Gasteiger partial charge in [0, 0.05) is 11.1 Å². The van der Waals surface area contributed by atoms with Crippen molar-refractivity contribution in [3.8, 4) is 22.6 Å². The Kier molecular flexibility index (Phi) is 6.04. The molecule has 6 nitrogen and oxygen atoms in total. The first kappa shape index (κ1) is 23.1. The van der Waals surface area contributed by atoms with Gasteiger partial charge in [-0.3, -0.25) is 0 Å². The van der Waals surface area contributed by atoms with Crippen LogP contribution in [-0.2, 0) is 0 Å². The zero-order chi connectivity index (χ0) is 25.9. The van der Waals surface area contributed by atoms with Crippen LogP contribution in [0.15, 0.2) is 142 Å². The summed E-state index contributed by atoms with van der Waals surface area (Å²) in [7, 11) is 0.